The molecule has 11 heteroatoms. The Hall–Kier alpha value is -1.03. The lowest BCUT2D eigenvalue weighted by molar-refractivity contribution is -0.161. The van der Waals surface area contributed by atoms with Crippen LogP contribution in [0.1, 0.15) is 227 Å². The minimum atomic E-state index is -4.61. The minimum Gasteiger partial charge on any atom is -0.462 e. The van der Waals surface area contributed by atoms with Crippen LogP contribution < -0.4 is 0 Å². The maximum absolute atomic E-state index is 12.6. The van der Waals surface area contributed by atoms with E-state index in [0.717, 1.165) is 32.1 Å². The zero-order chi connectivity index (χ0) is 39.1. The number of phosphoric acid groups is 1. The number of aliphatic hydroxyl groups excluding tert-OH is 2. The van der Waals surface area contributed by atoms with Crippen LogP contribution in [0.2, 0.25) is 0 Å². The summed E-state index contributed by atoms with van der Waals surface area (Å²) >= 11 is 0. The van der Waals surface area contributed by atoms with Gasteiger partial charge in [0.05, 0.1) is 19.8 Å². The number of unbranched alkanes of at least 4 members (excludes halogenated alkanes) is 28. The molecule has 0 amide bonds. The van der Waals surface area contributed by atoms with Gasteiger partial charge in [-0.05, 0) is 12.8 Å². The SMILES string of the molecule is C.CCCCCCCCCCCCCCCCCC(=O)OCC(COP(=O)(O)OCC(O)CO)OC(=O)CCCCCCCCCCCCCCCCC. The molecule has 0 aliphatic heterocycles. The number of hydrogen-bond acceptors (Lipinski definition) is 9. The van der Waals surface area contributed by atoms with Crippen LogP contribution in [0.5, 0.6) is 0 Å². The van der Waals surface area contributed by atoms with E-state index in [0.29, 0.717) is 12.8 Å². The number of ether oxygens (including phenoxy) is 2. The van der Waals surface area contributed by atoms with E-state index in [1.54, 1.807) is 0 Å². The fraction of sp³-hybridized carbons (Fsp3) is 0.953. The third kappa shape index (κ3) is 40.6. The third-order valence-corrected chi connectivity index (χ3v) is 10.7. The first kappa shape index (κ1) is 55.1. The summed E-state index contributed by atoms with van der Waals surface area (Å²) in [5.74, 6) is -0.909. The molecule has 0 rings (SSSR count). The number of carbonyl (C=O) groups excluding carboxylic acids is 2. The van der Waals surface area contributed by atoms with E-state index in [2.05, 4.69) is 13.8 Å². The molecule has 0 saturated heterocycles. The monoisotopic (exact) mass is 795 g/mol. The van der Waals surface area contributed by atoms with Crippen molar-refractivity contribution < 1.29 is 47.8 Å². The van der Waals surface area contributed by atoms with Gasteiger partial charge in [-0.25, -0.2) is 4.57 Å². The van der Waals surface area contributed by atoms with Crippen LogP contribution in [-0.4, -0.2) is 65.7 Å². The van der Waals surface area contributed by atoms with Crippen molar-refractivity contribution in [2.75, 3.05) is 26.4 Å². The molecule has 54 heavy (non-hydrogen) atoms. The number of phosphoric ester groups is 1. The molecular formula is C43H87O10P. The Labute approximate surface area is 332 Å². The van der Waals surface area contributed by atoms with E-state index in [1.165, 1.54) is 148 Å². The highest BCUT2D eigenvalue weighted by molar-refractivity contribution is 7.47. The second-order valence-corrected chi connectivity index (χ2v) is 16.5. The summed E-state index contributed by atoms with van der Waals surface area (Å²) in [4.78, 5) is 35.0. The van der Waals surface area contributed by atoms with Crippen molar-refractivity contribution in [3.8, 4) is 0 Å². The smallest absolute Gasteiger partial charge is 0.462 e. The van der Waals surface area contributed by atoms with Crippen LogP contribution in [-0.2, 0) is 32.7 Å². The fourth-order valence-corrected chi connectivity index (χ4v) is 7.14. The van der Waals surface area contributed by atoms with Crippen molar-refractivity contribution in [2.24, 2.45) is 0 Å². The molecule has 0 fully saturated rings. The summed E-state index contributed by atoms with van der Waals surface area (Å²) in [6.07, 6.45) is 34.9. The Balaban J connectivity index is 0. The molecule has 0 aliphatic rings. The topological polar surface area (TPSA) is 149 Å². The van der Waals surface area contributed by atoms with Crippen LogP contribution >= 0.6 is 7.82 Å². The first-order valence-electron chi connectivity index (χ1n) is 22.0. The number of carbonyl (C=O) groups is 2. The lowest BCUT2D eigenvalue weighted by Gasteiger charge is -2.20. The van der Waals surface area contributed by atoms with E-state index in [-0.39, 0.29) is 26.9 Å². The van der Waals surface area contributed by atoms with Crippen LogP contribution in [0.4, 0.5) is 0 Å². The van der Waals surface area contributed by atoms with Crippen LogP contribution in [0.25, 0.3) is 0 Å². The van der Waals surface area contributed by atoms with Gasteiger partial charge < -0.3 is 24.6 Å². The van der Waals surface area contributed by atoms with Crippen LogP contribution in [0.15, 0.2) is 0 Å². The first-order chi connectivity index (χ1) is 25.7. The summed E-state index contributed by atoms with van der Waals surface area (Å²) in [6.45, 7) is 2.42. The maximum atomic E-state index is 12.6. The predicted molar refractivity (Wildman–Crippen MR) is 221 cm³/mol. The largest absolute Gasteiger partial charge is 0.472 e. The predicted octanol–water partition coefficient (Wildman–Crippen LogP) is 12.1. The van der Waals surface area contributed by atoms with Crippen LogP contribution in [0.3, 0.4) is 0 Å². The quantitative estimate of drug-likeness (QED) is 0.0310. The summed E-state index contributed by atoms with van der Waals surface area (Å²) in [5.41, 5.74) is 0. The molecule has 0 aliphatic carbocycles. The summed E-state index contributed by atoms with van der Waals surface area (Å²) < 4.78 is 32.7. The molecule has 10 nitrogen and oxygen atoms in total. The highest BCUT2D eigenvalue weighted by Crippen LogP contribution is 2.43. The number of esters is 2. The van der Waals surface area contributed by atoms with Crippen molar-refractivity contribution in [1.82, 2.24) is 0 Å². The van der Waals surface area contributed by atoms with Crippen LogP contribution in [0, 0.1) is 0 Å². The average Bonchev–Trinajstić information content (AvgIpc) is 3.14. The van der Waals surface area contributed by atoms with Gasteiger partial charge >= 0.3 is 19.8 Å². The molecule has 3 unspecified atom stereocenters. The lowest BCUT2D eigenvalue weighted by Crippen LogP contribution is -2.29. The van der Waals surface area contributed by atoms with Gasteiger partial charge in [-0.15, -0.1) is 0 Å². The summed E-state index contributed by atoms with van der Waals surface area (Å²) in [6, 6.07) is 0. The maximum Gasteiger partial charge on any atom is 0.472 e. The molecule has 0 heterocycles. The molecule has 0 aromatic rings. The number of aliphatic hydroxyl groups is 2. The average molecular weight is 795 g/mol. The Morgan fingerprint density at radius 1 is 0.500 bits per heavy atom. The van der Waals surface area contributed by atoms with Gasteiger partial charge in [0.1, 0.15) is 12.7 Å². The van der Waals surface area contributed by atoms with Crippen molar-refractivity contribution in [2.45, 2.75) is 239 Å². The molecule has 3 atom stereocenters. The molecule has 0 radical (unpaired) electrons. The molecule has 0 saturated carbocycles. The normalized spacial score (nSPS) is 13.6. The van der Waals surface area contributed by atoms with E-state index in [4.69, 9.17) is 23.6 Å². The highest BCUT2D eigenvalue weighted by Gasteiger charge is 2.27. The molecule has 0 spiro atoms. The Bertz CT molecular complexity index is 858. The number of rotatable bonds is 42. The zero-order valence-corrected chi connectivity index (χ0v) is 35.2. The molecule has 324 valence electrons. The van der Waals surface area contributed by atoms with Gasteiger partial charge in [0.15, 0.2) is 6.10 Å². The molecule has 0 aromatic carbocycles. The third-order valence-electron chi connectivity index (χ3n) is 9.76. The van der Waals surface area contributed by atoms with Gasteiger partial charge in [0, 0.05) is 12.8 Å². The van der Waals surface area contributed by atoms with Gasteiger partial charge in [0.2, 0.25) is 0 Å². The standard InChI is InChI=1S/C42H83O10P.CH4/c1-3-5-7-9-11-13-15-17-19-21-23-25-27-29-31-33-41(45)49-37-40(38-51-53(47,48)50-36-39(44)35-43)52-42(46)34-32-30-28-26-24-22-20-18-16-14-12-10-8-6-4-2;/h39-40,43-44H,3-38H2,1-2H3,(H,47,48);1H4. The van der Waals surface area contributed by atoms with E-state index >= 15 is 0 Å². The minimum absolute atomic E-state index is 0. The fourth-order valence-electron chi connectivity index (χ4n) is 6.35. The molecular weight excluding hydrogens is 707 g/mol. The second-order valence-electron chi connectivity index (χ2n) is 15.1. The lowest BCUT2D eigenvalue weighted by atomic mass is 10.0. The van der Waals surface area contributed by atoms with Crippen molar-refractivity contribution in [3.05, 3.63) is 0 Å². The Morgan fingerprint density at radius 2 is 0.815 bits per heavy atom. The number of hydrogen-bond donors (Lipinski definition) is 3. The summed E-state index contributed by atoms with van der Waals surface area (Å²) in [7, 11) is -4.61. The van der Waals surface area contributed by atoms with E-state index in [9.17, 15) is 24.2 Å². The highest BCUT2D eigenvalue weighted by atomic mass is 31.2. The van der Waals surface area contributed by atoms with E-state index < -0.39 is 51.8 Å². The van der Waals surface area contributed by atoms with Gasteiger partial charge in [-0.3, -0.25) is 18.6 Å². The Kier molecular flexibility index (Phi) is 42.4. The molecule has 0 aromatic heterocycles. The molecule has 3 N–H and O–H groups in total. The second kappa shape index (κ2) is 41.6. The molecule has 0 bridgehead atoms. The van der Waals surface area contributed by atoms with Crippen molar-refractivity contribution in [3.63, 3.8) is 0 Å². The van der Waals surface area contributed by atoms with Crippen molar-refractivity contribution in [1.29, 1.82) is 0 Å². The van der Waals surface area contributed by atoms with Crippen molar-refractivity contribution >= 4 is 19.8 Å². The van der Waals surface area contributed by atoms with Gasteiger partial charge in [-0.1, -0.05) is 201 Å². The van der Waals surface area contributed by atoms with E-state index in [1.807, 2.05) is 0 Å². The zero-order valence-electron chi connectivity index (χ0n) is 34.3. The van der Waals surface area contributed by atoms with Gasteiger partial charge in [-0.2, -0.15) is 0 Å². The summed E-state index contributed by atoms with van der Waals surface area (Å²) in [5, 5.41) is 18.3. The first-order valence-corrected chi connectivity index (χ1v) is 23.5. The van der Waals surface area contributed by atoms with Gasteiger partial charge in [0.25, 0.3) is 0 Å². The Morgan fingerprint density at radius 3 is 1.17 bits per heavy atom.